The van der Waals surface area contributed by atoms with Crippen molar-refractivity contribution in [1.82, 2.24) is 15.6 Å². The number of rotatable bonds is 5. The summed E-state index contributed by atoms with van der Waals surface area (Å²) >= 11 is 1.27. The standard InChI is InChI=1S/C12H15N3O4S/c16-9-2-1-7(5-14-9)11(17)13-4-3-10-15-8(6-20-10)12(18)19/h6-7H,1-5H2,(H,13,17)(H,14,16)(H,18,19). The van der Waals surface area contributed by atoms with E-state index >= 15 is 0 Å². The van der Waals surface area contributed by atoms with Crippen molar-refractivity contribution in [2.24, 2.45) is 5.92 Å². The molecule has 1 saturated heterocycles. The van der Waals surface area contributed by atoms with Crippen LogP contribution in [0.2, 0.25) is 0 Å². The highest BCUT2D eigenvalue weighted by molar-refractivity contribution is 7.09. The van der Waals surface area contributed by atoms with Crippen molar-refractivity contribution in [1.29, 1.82) is 0 Å². The van der Waals surface area contributed by atoms with Gasteiger partial charge in [-0.05, 0) is 6.42 Å². The van der Waals surface area contributed by atoms with Gasteiger partial charge in [0.05, 0.1) is 10.9 Å². The van der Waals surface area contributed by atoms with E-state index in [4.69, 9.17) is 5.11 Å². The number of carbonyl (C=O) groups is 3. The van der Waals surface area contributed by atoms with Crippen LogP contribution >= 0.6 is 11.3 Å². The van der Waals surface area contributed by atoms with E-state index in [1.807, 2.05) is 0 Å². The maximum Gasteiger partial charge on any atom is 0.355 e. The molecule has 108 valence electrons. The smallest absolute Gasteiger partial charge is 0.355 e. The number of amides is 2. The molecule has 0 aliphatic carbocycles. The Morgan fingerprint density at radius 1 is 1.55 bits per heavy atom. The van der Waals surface area contributed by atoms with E-state index in [0.29, 0.717) is 37.4 Å². The molecule has 1 atom stereocenters. The minimum Gasteiger partial charge on any atom is -0.476 e. The van der Waals surface area contributed by atoms with E-state index in [0.717, 1.165) is 0 Å². The van der Waals surface area contributed by atoms with Crippen molar-refractivity contribution < 1.29 is 19.5 Å². The van der Waals surface area contributed by atoms with Crippen molar-refractivity contribution in [3.8, 4) is 0 Å². The summed E-state index contributed by atoms with van der Waals surface area (Å²) in [4.78, 5) is 37.4. The van der Waals surface area contributed by atoms with E-state index in [2.05, 4.69) is 15.6 Å². The number of nitrogens with one attached hydrogen (secondary N) is 2. The summed E-state index contributed by atoms with van der Waals surface area (Å²) in [5, 5.41) is 16.4. The lowest BCUT2D eigenvalue weighted by Crippen LogP contribution is -2.43. The van der Waals surface area contributed by atoms with E-state index in [1.54, 1.807) is 0 Å². The predicted molar refractivity (Wildman–Crippen MR) is 71.5 cm³/mol. The van der Waals surface area contributed by atoms with Crippen molar-refractivity contribution in [2.45, 2.75) is 19.3 Å². The molecule has 0 bridgehead atoms. The third-order valence-electron chi connectivity index (χ3n) is 3.05. The molecule has 2 rings (SSSR count). The van der Waals surface area contributed by atoms with Crippen LogP contribution in [0.5, 0.6) is 0 Å². The molecule has 7 nitrogen and oxygen atoms in total. The normalized spacial score (nSPS) is 18.4. The van der Waals surface area contributed by atoms with Gasteiger partial charge in [-0.2, -0.15) is 0 Å². The van der Waals surface area contributed by atoms with Crippen LogP contribution in [0.25, 0.3) is 0 Å². The summed E-state index contributed by atoms with van der Waals surface area (Å²) in [6.45, 7) is 0.793. The zero-order valence-corrected chi connectivity index (χ0v) is 11.5. The second kappa shape index (κ2) is 6.47. The molecule has 0 radical (unpaired) electrons. The molecule has 1 aromatic heterocycles. The van der Waals surface area contributed by atoms with Crippen molar-refractivity contribution in [3.63, 3.8) is 0 Å². The molecule has 1 aliphatic rings. The van der Waals surface area contributed by atoms with Crippen LogP contribution in [0.4, 0.5) is 0 Å². The average Bonchev–Trinajstić information content (AvgIpc) is 2.88. The number of carboxylic acids is 1. The van der Waals surface area contributed by atoms with E-state index < -0.39 is 5.97 Å². The molecule has 2 heterocycles. The Kier molecular flexibility index (Phi) is 4.67. The number of aromatic carboxylic acids is 1. The van der Waals surface area contributed by atoms with Crippen molar-refractivity contribution in [2.75, 3.05) is 13.1 Å². The van der Waals surface area contributed by atoms with Gasteiger partial charge in [0.1, 0.15) is 0 Å². The molecule has 1 unspecified atom stereocenters. The quantitative estimate of drug-likeness (QED) is 0.710. The van der Waals surface area contributed by atoms with Crippen LogP contribution in [-0.2, 0) is 16.0 Å². The number of thiazole rings is 1. The highest BCUT2D eigenvalue weighted by Crippen LogP contribution is 2.12. The predicted octanol–water partition coefficient (Wildman–Crippen LogP) is 0.0262. The summed E-state index contributed by atoms with van der Waals surface area (Å²) in [6, 6.07) is 0. The van der Waals surface area contributed by atoms with Crippen LogP contribution in [0.3, 0.4) is 0 Å². The van der Waals surface area contributed by atoms with Crippen LogP contribution in [0, 0.1) is 5.92 Å². The molecular weight excluding hydrogens is 282 g/mol. The molecule has 0 spiro atoms. The second-order valence-corrected chi connectivity index (χ2v) is 5.45. The van der Waals surface area contributed by atoms with Gasteiger partial charge in [0.15, 0.2) is 5.69 Å². The fraction of sp³-hybridized carbons (Fsp3) is 0.500. The van der Waals surface area contributed by atoms with Crippen molar-refractivity contribution >= 4 is 29.1 Å². The fourth-order valence-corrected chi connectivity index (χ4v) is 2.69. The zero-order valence-electron chi connectivity index (χ0n) is 10.7. The summed E-state index contributed by atoms with van der Waals surface area (Å²) in [5.41, 5.74) is 0.0336. The van der Waals surface area contributed by atoms with Crippen molar-refractivity contribution in [3.05, 3.63) is 16.1 Å². The third kappa shape index (κ3) is 3.77. The molecular formula is C12H15N3O4S. The topological polar surface area (TPSA) is 108 Å². The van der Waals surface area contributed by atoms with Gasteiger partial charge in [0.2, 0.25) is 11.8 Å². The molecule has 2 amide bonds. The molecule has 1 aromatic rings. The Morgan fingerprint density at radius 2 is 2.35 bits per heavy atom. The third-order valence-corrected chi connectivity index (χ3v) is 3.95. The van der Waals surface area contributed by atoms with Crippen LogP contribution < -0.4 is 10.6 Å². The van der Waals surface area contributed by atoms with E-state index in [9.17, 15) is 14.4 Å². The summed E-state index contributed by atoms with van der Waals surface area (Å²) in [7, 11) is 0. The summed E-state index contributed by atoms with van der Waals surface area (Å²) in [5.74, 6) is -1.33. The second-order valence-electron chi connectivity index (χ2n) is 4.51. The Morgan fingerprint density at radius 3 is 2.95 bits per heavy atom. The SMILES string of the molecule is O=C1CCC(C(=O)NCCc2nc(C(=O)O)cs2)CN1. The van der Waals surface area contributed by atoms with E-state index in [1.165, 1.54) is 16.7 Å². The lowest BCUT2D eigenvalue weighted by Gasteiger charge is -2.21. The summed E-state index contributed by atoms with van der Waals surface area (Å²) in [6.07, 6.45) is 1.45. The van der Waals surface area contributed by atoms with Gasteiger partial charge in [-0.3, -0.25) is 9.59 Å². The first-order chi connectivity index (χ1) is 9.56. The molecule has 0 saturated carbocycles. The maximum atomic E-state index is 11.8. The first kappa shape index (κ1) is 14.4. The fourth-order valence-electron chi connectivity index (χ4n) is 1.92. The number of carboxylic acid groups (broad SMARTS) is 1. The monoisotopic (exact) mass is 297 g/mol. The lowest BCUT2D eigenvalue weighted by molar-refractivity contribution is -0.128. The van der Waals surface area contributed by atoms with Gasteiger partial charge in [-0.15, -0.1) is 11.3 Å². The van der Waals surface area contributed by atoms with E-state index in [-0.39, 0.29) is 23.4 Å². The van der Waals surface area contributed by atoms with Gasteiger partial charge in [-0.25, -0.2) is 9.78 Å². The molecule has 8 heteroatoms. The average molecular weight is 297 g/mol. The van der Waals surface area contributed by atoms with Crippen LogP contribution in [0.15, 0.2) is 5.38 Å². The van der Waals surface area contributed by atoms with Gasteiger partial charge < -0.3 is 15.7 Å². The molecule has 0 aromatic carbocycles. The Hall–Kier alpha value is -1.96. The molecule has 1 aliphatic heterocycles. The first-order valence-electron chi connectivity index (χ1n) is 6.28. The van der Waals surface area contributed by atoms with Gasteiger partial charge in [0.25, 0.3) is 0 Å². The zero-order chi connectivity index (χ0) is 14.5. The molecule has 1 fully saturated rings. The van der Waals surface area contributed by atoms with Crippen LogP contribution in [0.1, 0.15) is 28.3 Å². The van der Waals surface area contributed by atoms with Gasteiger partial charge in [-0.1, -0.05) is 0 Å². The Balaban J connectivity index is 1.73. The van der Waals surface area contributed by atoms with Crippen LogP contribution in [-0.4, -0.2) is 41.0 Å². The summed E-state index contributed by atoms with van der Waals surface area (Å²) < 4.78 is 0. The number of nitrogens with zero attached hydrogens (tertiary/aromatic N) is 1. The first-order valence-corrected chi connectivity index (χ1v) is 7.16. The minimum absolute atomic E-state index is 0.0157. The highest BCUT2D eigenvalue weighted by Gasteiger charge is 2.23. The Labute approximate surface area is 119 Å². The number of hydrogen-bond acceptors (Lipinski definition) is 5. The highest BCUT2D eigenvalue weighted by atomic mass is 32.1. The lowest BCUT2D eigenvalue weighted by atomic mass is 9.98. The Bertz CT molecular complexity index is 519. The number of piperidine rings is 1. The number of carbonyl (C=O) groups excluding carboxylic acids is 2. The molecule has 20 heavy (non-hydrogen) atoms. The number of hydrogen-bond donors (Lipinski definition) is 3. The van der Waals surface area contributed by atoms with Gasteiger partial charge >= 0.3 is 5.97 Å². The molecule has 3 N–H and O–H groups in total. The van der Waals surface area contributed by atoms with Gasteiger partial charge in [0, 0.05) is 31.3 Å². The number of aromatic nitrogens is 1. The minimum atomic E-state index is -1.05. The maximum absolute atomic E-state index is 11.8. The largest absolute Gasteiger partial charge is 0.476 e.